The van der Waals surface area contributed by atoms with E-state index in [2.05, 4.69) is 44.4 Å². The molecule has 4 heterocycles. The number of amides is 2. The van der Waals surface area contributed by atoms with Crippen molar-refractivity contribution in [3.63, 3.8) is 0 Å². The number of thiazole rings is 1. The number of pyridine rings is 1. The molecule has 2 aliphatic heterocycles. The molecule has 47 heavy (non-hydrogen) atoms. The lowest BCUT2D eigenvalue weighted by molar-refractivity contribution is -0.694. The van der Waals surface area contributed by atoms with Crippen LogP contribution in [0.4, 0.5) is 5.13 Å². The van der Waals surface area contributed by atoms with Gasteiger partial charge < -0.3 is 25.4 Å². The molecule has 6 rings (SSSR count). The number of oxime groups is 1. The van der Waals surface area contributed by atoms with Crippen molar-refractivity contribution in [1.29, 1.82) is 0 Å². The number of anilines is 1. The first kappa shape index (κ1) is 32.3. The summed E-state index contributed by atoms with van der Waals surface area (Å²) >= 11 is 2.63. The number of benzene rings is 1. The topological polar surface area (TPSA) is 149 Å². The minimum absolute atomic E-state index is 0.0266. The van der Waals surface area contributed by atoms with E-state index < -0.39 is 29.2 Å². The van der Waals surface area contributed by atoms with Crippen molar-refractivity contribution in [2.24, 2.45) is 5.16 Å². The van der Waals surface area contributed by atoms with E-state index in [-0.39, 0.29) is 28.8 Å². The number of rotatable bonds is 12. The average molecular weight is 676 g/mol. The van der Waals surface area contributed by atoms with Crippen LogP contribution in [0.5, 0.6) is 5.75 Å². The fraction of sp³-hybridized carbons (Fsp3) is 0.333. The Morgan fingerprint density at radius 1 is 1.19 bits per heavy atom. The predicted octanol–water partition coefficient (Wildman–Crippen LogP) is 2.90. The summed E-state index contributed by atoms with van der Waals surface area (Å²) in [6.45, 7) is 0.745. The van der Waals surface area contributed by atoms with Crippen LogP contribution in [0.3, 0.4) is 0 Å². The fourth-order valence-corrected chi connectivity index (χ4v) is 7.78. The molecule has 0 spiro atoms. The van der Waals surface area contributed by atoms with Gasteiger partial charge in [0, 0.05) is 29.2 Å². The second kappa shape index (κ2) is 14.4. The number of nitrogens with one attached hydrogen (secondary N) is 1. The highest BCUT2D eigenvalue weighted by Crippen LogP contribution is 2.41. The molecule has 12 nitrogen and oxygen atoms in total. The van der Waals surface area contributed by atoms with E-state index in [0.29, 0.717) is 17.9 Å². The van der Waals surface area contributed by atoms with Crippen molar-refractivity contribution >= 4 is 51.7 Å². The summed E-state index contributed by atoms with van der Waals surface area (Å²) in [7, 11) is 2.89. The second-order valence-corrected chi connectivity index (χ2v) is 13.1. The summed E-state index contributed by atoms with van der Waals surface area (Å²) in [5.41, 5.74) is 10.4. The average Bonchev–Trinajstić information content (AvgIpc) is 3.76. The number of carbonyl (C=O) groups is 3. The van der Waals surface area contributed by atoms with Gasteiger partial charge in [0.25, 0.3) is 11.8 Å². The molecule has 1 saturated heterocycles. The number of aryl methyl sites for hydroxylation is 1. The zero-order valence-corrected chi connectivity index (χ0v) is 27.6. The second-order valence-electron chi connectivity index (χ2n) is 11.1. The summed E-state index contributed by atoms with van der Waals surface area (Å²) in [6.07, 6.45) is 10.0. The van der Waals surface area contributed by atoms with Crippen LogP contribution in [-0.4, -0.2) is 64.8 Å². The number of methoxy groups -OCH3 is 1. The van der Waals surface area contributed by atoms with Gasteiger partial charge in [-0.05, 0) is 54.7 Å². The molecule has 2 atom stereocenters. The number of aromatic nitrogens is 2. The molecule has 14 heteroatoms. The van der Waals surface area contributed by atoms with E-state index in [0.717, 1.165) is 41.9 Å². The molecule has 0 saturated carbocycles. The standard InChI is InChI=1S/C33H34N6O6S2/c1-43-23-13-11-20(12-14-23)17-45-32(42)28-22(7-3-4-15-38-16-6-9-21-8-5-10-25(21)38)18-46-31-27(30(41)39(28)31)36-29(40)26(37-44-2)24-19-47-33(34)35-24/h3-4,6,9,11-14,16,19,27,31H,5,7-8,10,15,17-18H2,1-2H3,(H2-,34,35,36,40)/p+1/b4-3-,37-26-/t27-,31-/m1/s1. The van der Waals surface area contributed by atoms with Crippen LogP contribution in [0.25, 0.3) is 0 Å². The van der Waals surface area contributed by atoms with E-state index in [1.165, 1.54) is 41.4 Å². The lowest BCUT2D eigenvalue weighted by atomic mass is 10.0. The summed E-state index contributed by atoms with van der Waals surface area (Å²) in [5.74, 6) is -0.477. The molecular weight excluding hydrogens is 641 g/mol. The summed E-state index contributed by atoms with van der Waals surface area (Å²) in [4.78, 5) is 50.9. The third-order valence-corrected chi connectivity index (χ3v) is 10.2. The van der Waals surface area contributed by atoms with E-state index in [9.17, 15) is 14.4 Å². The smallest absolute Gasteiger partial charge is 0.355 e. The molecule has 244 valence electrons. The van der Waals surface area contributed by atoms with Gasteiger partial charge in [-0.3, -0.25) is 14.5 Å². The largest absolute Gasteiger partial charge is 0.497 e. The van der Waals surface area contributed by atoms with E-state index in [1.54, 1.807) is 24.6 Å². The number of carbonyl (C=O) groups excluding carboxylic acids is 3. The van der Waals surface area contributed by atoms with Gasteiger partial charge in [0.15, 0.2) is 29.3 Å². The third-order valence-electron chi connectivity index (χ3n) is 8.19. The first-order chi connectivity index (χ1) is 22.9. The number of nitrogen functional groups attached to an aromatic ring is 1. The van der Waals surface area contributed by atoms with Gasteiger partial charge in [-0.1, -0.05) is 23.4 Å². The van der Waals surface area contributed by atoms with Crippen LogP contribution >= 0.6 is 23.1 Å². The monoisotopic (exact) mass is 675 g/mol. The SMILES string of the molecule is CO/N=C(\C(=O)N[C@@H]1C(=O)N2C(C(=O)OCc3ccc(OC)cc3)=C(C/C=C\C[n+]3cccc4c3CCC4)CS[C@H]12)c1csc(N)n1. The molecule has 2 amide bonds. The number of hydrogen-bond acceptors (Lipinski definition) is 11. The van der Waals surface area contributed by atoms with Gasteiger partial charge in [0.1, 0.15) is 42.3 Å². The van der Waals surface area contributed by atoms with Crippen LogP contribution in [0.15, 0.2) is 76.6 Å². The van der Waals surface area contributed by atoms with Gasteiger partial charge >= 0.3 is 5.97 Å². The minimum atomic E-state index is -0.886. The van der Waals surface area contributed by atoms with Crippen LogP contribution in [0.1, 0.15) is 35.4 Å². The fourth-order valence-electron chi connectivity index (χ4n) is 5.87. The summed E-state index contributed by atoms with van der Waals surface area (Å²) in [6, 6.07) is 10.6. The van der Waals surface area contributed by atoms with Gasteiger partial charge in [-0.2, -0.15) is 4.57 Å². The highest BCUT2D eigenvalue weighted by molar-refractivity contribution is 8.00. The molecule has 1 aromatic carbocycles. The number of nitrogens with zero attached hydrogens (tertiary/aromatic N) is 4. The molecule has 0 unspecified atom stereocenters. The number of β-lactam (4-membered cyclic amide) rings is 1. The first-order valence-corrected chi connectivity index (χ1v) is 17.1. The molecule has 3 aromatic rings. The van der Waals surface area contributed by atoms with E-state index in [4.69, 9.17) is 20.0 Å². The number of hydrogen-bond donors (Lipinski definition) is 2. The molecule has 0 bridgehead atoms. The zero-order valence-electron chi connectivity index (χ0n) is 26.0. The zero-order chi connectivity index (χ0) is 32.9. The van der Waals surface area contributed by atoms with Crippen molar-refractivity contribution in [1.82, 2.24) is 15.2 Å². The van der Waals surface area contributed by atoms with Gasteiger partial charge in [0.2, 0.25) is 0 Å². The van der Waals surface area contributed by atoms with Crippen molar-refractivity contribution < 1.29 is 33.3 Å². The number of fused-ring (bicyclic) bond motifs is 2. The Morgan fingerprint density at radius 2 is 2.02 bits per heavy atom. The Hall–Kier alpha value is -4.69. The molecule has 3 N–H and O–H groups in total. The highest BCUT2D eigenvalue weighted by atomic mass is 32.2. The Balaban J connectivity index is 1.19. The third kappa shape index (κ3) is 6.88. The number of allylic oxidation sites excluding steroid dienone is 2. The Morgan fingerprint density at radius 3 is 2.77 bits per heavy atom. The maximum atomic E-state index is 13.7. The minimum Gasteiger partial charge on any atom is -0.497 e. The predicted molar refractivity (Wildman–Crippen MR) is 177 cm³/mol. The van der Waals surface area contributed by atoms with Crippen molar-refractivity contribution in [3.8, 4) is 5.75 Å². The molecule has 1 aliphatic carbocycles. The number of esters is 1. The number of thioether (sulfide) groups is 1. The molecular formula is C33H35N6O6S2+. The van der Waals surface area contributed by atoms with E-state index in [1.807, 2.05) is 18.2 Å². The van der Waals surface area contributed by atoms with Gasteiger partial charge in [-0.15, -0.1) is 23.1 Å². The van der Waals surface area contributed by atoms with Gasteiger partial charge in [-0.25, -0.2) is 9.78 Å². The Bertz CT molecular complexity index is 1770. The van der Waals surface area contributed by atoms with Crippen molar-refractivity contribution in [2.75, 3.05) is 25.7 Å². The van der Waals surface area contributed by atoms with Crippen molar-refractivity contribution in [3.05, 3.63) is 93.9 Å². The van der Waals surface area contributed by atoms with Gasteiger partial charge in [0.05, 0.1) is 7.11 Å². The van der Waals surface area contributed by atoms with E-state index >= 15 is 0 Å². The molecule has 2 aromatic heterocycles. The van der Waals surface area contributed by atoms with Crippen LogP contribution in [0, 0.1) is 0 Å². The Labute approximate surface area is 280 Å². The Kier molecular flexibility index (Phi) is 9.87. The highest BCUT2D eigenvalue weighted by Gasteiger charge is 2.54. The normalized spacial score (nSPS) is 18.9. The summed E-state index contributed by atoms with van der Waals surface area (Å²) < 4.78 is 13.2. The molecule has 1 fully saturated rings. The lowest BCUT2D eigenvalue weighted by Crippen LogP contribution is -2.71. The maximum absolute atomic E-state index is 13.7. The quantitative estimate of drug-likeness (QED) is 0.0738. The molecule has 3 aliphatic rings. The summed E-state index contributed by atoms with van der Waals surface area (Å²) in [5, 5.41) is 7.90. The van der Waals surface area contributed by atoms with Crippen LogP contribution < -0.4 is 20.4 Å². The number of ether oxygens (including phenoxy) is 2. The maximum Gasteiger partial charge on any atom is 0.355 e. The molecule has 0 radical (unpaired) electrons. The number of nitrogens with two attached hydrogens (primary N) is 1. The van der Waals surface area contributed by atoms with Crippen LogP contribution in [0.2, 0.25) is 0 Å². The van der Waals surface area contributed by atoms with Crippen LogP contribution in [-0.2, 0) is 50.0 Å². The first-order valence-electron chi connectivity index (χ1n) is 15.1. The lowest BCUT2D eigenvalue weighted by Gasteiger charge is -2.49. The van der Waals surface area contributed by atoms with Crippen molar-refractivity contribution in [2.45, 2.75) is 50.3 Å².